The number of esters is 1. The Morgan fingerprint density at radius 3 is 2.73 bits per heavy atom. The van der Waals surface area contributed by atoms with Crippen molar-refractivity contribution < 1.29 is 28.5 Å². The molecule has 174 valence electrons. The van der Waals surface area contributed by atoms with E-state index in [-0.39, 0.29) is 47.3 Å². The molecule has 4 heterocycles. The molecule has 1 aromatic rings. The Bertz CT molecular complexity index is 1110. The molecule has 0 amide bonds. The van der Waals surface area contributed by atoms with Gasteiger partial charge in [0.25, 0.3) is 0 Å². The summed E-state index contributed by atoms with van der Waals surface area (Å²) in [6, 6.07) is 10.3. The standard InChI is InChI=1S/C27H30O6/c1-14(2)25-20(32-25)21-27(33-21)24(3)10-9-16-17(13-29-22(16)28)18(24)11-19-26(27,31-19)23(25)30-12-15-7-5-4-6-8-15/h4-8,14,18-21,23H,9-13H2,1-3H3/t18-,19+,20+,21+,23-,24+,25+,26+,27-/m1/s1. The third kappa shape index (κ3) is 1.95. The third-order valence-corrected chi connectivity index (χ3v) is 10.3. The van der Waals surface area contributed by atoms with Crippen molar-refractivity contribution in [3.63, 3.8) is 0 Å². The van der Waals surface area contributed by atoms with Crippen LogP contribution in [0.5, 0.6) is 0 Å². The van der Waals surface area contributed by atoms with Crippen molar-refractivity contribution in [2.45, 2.75) is 87.9 Å². The Hall–Kier alpha value is -1.73. The van der Waals surface area contributed by atoms with E-state index in [1.54, 1.807) is 0 Å². The van der Waals surface area contributed by atoms with Crippen molar-refractivity contribution in [3.05, 3.63) is 47.0 Å². The van der Waals surface area contributed by atoms with Gasteiger partial charge >= 0.3 is 5.97 Å². The molecular weight excluding hydrogens is 420 g/mol. The van der Waals surface area contributed by atoms with Crippen LogP contribution in [-0.2, 0) is 35.1 Å². The molecule has 33 heavy (non-hydrogen) atoms. The summed E-state index contributed by atoms with van der Waals surface area (Å²) in [6.45, 7) is 7.79. The molecule has 1 aromatic carbocycles. The highest BCUT2D eigenvalue weighted by Crippen LogP contribution is 2.83. The predicted molar refractivity (Wildman–Crippen MR) is 116 cm³/mol. The molecule has 0 radical (unpaired) electrons. The number of carbonyl (C=O) groups is 1. The van der Waals surface area contributed by atoms with E-state index in [1.165, 1.54) is 5.57 Å². The molecule has 3 aliphatic carbocycles. The highest BCUT2D eigenvalue weighted by atomic mass is 16.8. The van der Waals surface area contributed by atoms with Crippen LogP contribution >= 0.6 is 0 Å². The van der Waals surface area contributed by atoms with Crippen LogP contribution in [0.2, 0.25) is 0 Å². The second-order valence-electron chi connectivity index (χ2n) is 11.7. The molecule has 2 spiro atoms. The maximum atomic E-state index is 12.3. The van der Waals surface area contributed by atoms with Crippen LogP contribution in [0.4, 0.5) is 0 Å². The summed E-state index contributed by atoms with van der Waals surface area (Å²) in [5.74, 6) is 0.429. The second-order valence-corrected chi connectivity index (χ2v) is 11.7. The Kier molecular flexibility index (Phi) is 3.40. The maximum Gasteiger partial charge on any atom is 0.334 e. The van der Waals surface area contributed by atoms with E-state index >= 15 is 0 Å². The number of carbonyl (C=O) groups excluding carboxylic acids is 1. The Morgan fingerprint density at radius 1 is 1.12 bits per heavy atom. The van der Waals surface area contributed by atoms with Crippen LogP contribution in [0.1, 0.15) is 45.6 Å². The largest absolute Gasteiger partial charge is 0.458 e. The number of cyclic esters (lactones) is 1. The van der Waals surface area contributed by atoms with Crippen molar-refractivity contribution in [1.82, 2.24) is 0 Å². The minimum atomic E-state index is -0.476. The first-order chi connectivity index (χ1) is 15.9. The van der Waals surface area contributed by atoms with Crippen LogP contribution in [0.3, 0.4) is 0 Å². The van der Waals surface area contributed by atoms with E-state index in [2.05, 4.69) is 45.0 Å². The minimum absolute atomic E-state index is 0.0365. The zero-order valence-electron chi connectivity index (χ0n) is 19.3. The zero-order chi connectivity index (χ0) is 22.4. The van der Waals surface area contributed by atoms with Gasteiger partial charge in [-0.15, -0.1) is 0 Å². The average Bonchev–Trinajstić information content (AvgIpc) is 3.71. The Labute approximate surface area is 193 Å². The van der Waals surface area contributed by atoms with Crippen LogP contribution < -0.4 is 0 Å². The summed E-state index contributed by atoms with van der Waals surface area (Å²) >= 11 is 0. The van der Waals surface area contributed by atoms with Gasteiger partial charge in [-0.1, -0.05) is 51.1 Å². The van der Waals surface area contributed by atoms with Gasteiger partial charge in [0.05, 0.1) is 12.7 Å². The predicted octanol–water partition coefficient (Wildman–Crippen LogP) is 3.33. The van der Waals surface area contributed by atoms with E-state index < -0.39 is 11.2 Å². The number of epoxide rings is 3. The Morgan fingerprint density at radius 2 is 1.94 bits per heavy atom. The molecule has 5 fully saturated rings. The fourth-order valence-corrected chi connectivity index (χ4v) is 8.67. The number of benzene rings is 1. The highest BCUT2D eigenvalue weighted by Gasteiger charge is 3.00. The smallest absolute Gasteiger partial charge is 0.334 e. The highest BCUT2D eigenvalue weighted by molar-refractivity contribution is 5.92. The lowest BCUT2D eigenvalue weighted by molar-refractivity contribution is -0.136. The summed E-state index contributed by atoms with van der Waals surface area (Å²) in [4.78, 5) is 12.3. The van der Waals surface area contributed by atoms with Gasteiger partial charge < -0.3 is 23.7 Å². The topological polar surface area (TPSA) is 73.1 Å². The Balaban J connectivity index is 1.22. The van der Waals surface area contributed by atoms with Crippen molar-refractivity contribution in [2.75, 3.05) is 6.61 Å². The average molecular weight is 451 g/mol. The molecule has 4 aliphatic heterocycles. The lowest BCUT2D eigenvalue weighted by Crippen LogP contribution is -2.69. The first kappa shape index (κ1) is 19.6. The maximum absolute atomic E-state index is 12.3. The summed E-state index contributed by atoms with van der Waals surface area (Å²) in [7, 11) is 0. The number of hydrogen-bond acceptors (Lipinski definition) is 6. The van der Waals surface area contributed by atoms with Gasteiger partial charge in [0, 0.05) is 11.0 Å². The summed E-state index contributed by atoms with van der Waals surface area (Å²) in [5, 5.41) is 0. The number of hydrogen-bond donors (Lipinski definition) is 0. The molecule has 2 saturated carbocycles. The van der Waals surface area contributed by atoms with Crippen molar-refractivity contribution >= 4 is 5.97 Å². The summed E-state index contributed by atoms with van der Waals surface area (Å²) in [6.07, 6.45) is 2.53. The minimum Gasteiger partial charge on any atom is -0.458 e. The normalized spacial score (nSPS) is 52.1. The van der Waals surface area contributed by atoms with Crippen LogP contribution in [-0.4, -0.2) is 53.8 Å². The fraction of sp³-hybridized carbons (Fsp3) is 0.667. The number of ether oxygens (including phenoxy) is 5. The number of rotatable bonds is 4. The van der Waals surface area contributed by atoms with Gasteiger partial charge in [0.1, 0.15) is 36.1 Å². The van der Waals surface area contributed by atoms with Crippen molar-refractivity contribution in [1.29, 1.82) is 0 Å². The first-order valence-corrected chi connectivity index (χ1v) is 12.5. The van der Waals surface area contributed by atoms with Crippen LogP contribution in [0.15, 0.2) is 41.5 Å². The molecule has 0 N–H and O–H groups in total. The van der Waals surface area contributed by atoms with Crippen molar-refractivity contribution in [2.24, 2.45) is 17.3 Å². The lowest BCUT2D eigenvalue weighted by atomic mass is 9.46. The third-order valence-electron chi connectivity index (χ3n) is 10.3. The van der Waals surface area contributed by atoms with E-state index in [9.17, 15) is 4.79 Å². The number of fused-ring (bicyclic) bond motifs is 4. The quantitative estimate of drug-likeness (QED) is 0.518. The zero-order valence-corrected chi connectivity index (χ0v) is 19.3. The van der Waals surface area contributed by atoms with Gasteiger partial charge in [-0.25, -0.2) is 4.79 Å². The molecule has 0 unspecified atom stereocenters. The second kappa shape index (κ2) is 5.73. The fourth-order valence-electron chi connectivity index (χ4n) is 8.67. The molecule has 3 saturated heterocycles. The van der Waals surface area contributed by atoms with Crippen LogP contribution in [0, 0.1) is 17.3 Å². The molecule has 9 atom stereocenters. The van der Waals surface area contributed by atoms with E-state index in [4.69, 9.17) is 23.7 Å². The molecule has 6 nitrogen and oxygen atoms in total. The van der Waals surface area contributed by atoms with E-state index in [1.807, 2.05) is 6.07 Å². The monoisotopic (exact) mass is 450 g/mol. The molecule has 0 bridgehead atoms. The first-order valence-electron chi connectivity index (χ1n) is 12.5. The molecule has 8 rings (SSSR count). The van der Waals surface area contributed by atoms with E-state index in [0.717, 1.165) is 30.4 Å². The molecule has 7 aliphatic rings. The molecule has 6 heteroatoms. The summed E-state index contributed by atoms with van der Waals surface area (Å²) in [5.41, 5.74) is 1.88. The van der Waals surface area contributed by atoms with Crippen molar-refractivity contribution in [3.8, 4) is 0 Å². The molecule has 0 aromatic heterocycles. The van der Waals surface area contributed by atoms with Gasteiger partial charge in [-0.05, 0) is 42.2 Å². The van der Waals surface area contributed by atoms with Gasteiger partial charge in [-0.2, -0.15) is 0 Å². The van der Waals surface area contributed by atoms with Gasteiger partial charge in [0.2, 0.25) is 0 Å². The van der Waals surface area contributed by atoms with Crippen LogP contribution in [0.25, 0.3) is 0 Å². The molecular formula is C27H30O6. The van der Waals surface area contributed by atoms with E-state index in [0.29, 0.717) is 19.1 Å². The van der Waals surface area contributed by atoms with Gasteiger partial charge in [0.15, 0.2) is 5.60 Å². The van der Waals surface area contributed by atoms with Gasteiger partial charge in [-0.3, -0.25) is 0 Å². The lowest BCUT2D eigenvalue weighted by Gasteiger charge is -2.54. The summed E-state index contributed by atoms with van der Waals surface area (Å²) < 4.78 is 32.4. The SMILES string of the molecule is CC(C)[C@]12O[C@H]1[C@@H]1O[C@]13[C@@]1(O[C@H]1C[C@@H]1C4=C(CC[C@@]13C)C(=O)OC4)[C@@H]2OCc1ccccc1.